The van der Waals surface area contributed by atoms with Gasteiger partial charge in [0.2, 0.25) is 0 Å². The van der Waals surface area contributed by atoms with Crippen LogP contribution in [0.2, 0.25) is 0 Å². The van der Waals surface area contributed by atoms with Crippen LogP contribution in [0.1, 0.15) is 29.0 Å². The zero-order valence-corrected chi connectivity index (χ0v) is 10.9. The average molecular weight is 272 g/mol. The average Bonchev–Trinajstić information content (AvgIpc) is 2.41. The summed E-state index contributed by atoms with van der Waals surface area (Å²) in [5.41, 5.74) is 2.63. The zero-order chi connectivity index (χ0) is 14.1. The summed E-state index contributed by atoms with van der Waals surface area (Å²) >= 11 is 0. The van der Waals surface area contributed by atoms with Crippen molar-refractivity contribution in [2.75, 3.05) is 0 Å². The Morgan fingerprint density at radius 2 is 1.90 bits per heavy atom. The molecule has 0 spiro atoms. The van der Waals surface area contributed by atoms with Gasteiger partial charge in [-0.15, -0.1) is 0 Å². The molecule has 2 aromatic carbocycles. The summed E-state index contributed by atoms with van der Waals surface area (Å²) in [7, 11) is 0. The Morgan fingerprint density at radius 3 is 2.70 bits per heavy atom. The first kappa shape index (κ1) is 13.0. The smallest absolute Gasteiger partial charge is 0.162 e. The van der Waals surface area contributed by atoms with Crippen molar-refractivity contribution in [1.29, 1.82) is 0 Å². The van der Waals surface area contributed by atoms with E-state index in [9.17, 15) is 13.6 Å². The van der Waals surface area contributed by atoms with E-state index in [1.54, 1.807) is 0 Å². The lowest BCUT2D eigenvalue weighted by atomic mass is 9.75. The molecule has 0 saturated heterocycles. The van der Waals surface area contributed by atoms with Crippen LogP contribution in [0.25, 0.3) is 0 Å². The molecular weight excluding hydrogens is 258 g/mol. The minimum absolute atomic E-state index is 0.0394. The Bertz CT molecular complexity index is 664. The molecular formula is C17H14F2O. The fourth-order valence-electron chi connectivity index (χ4n) is 2.79. The molecule has 0 radical (unpaired) electrons. The van der Waals surface area contributed by atoms with Crippen LogP contribution in [0.15, 0.2) is 42.5 Å². The number of carbonyl (C=O) groups is 1. The maximum Gasteiger partial charge on any atom is 0.162 e. The van der Waals surface area contributed by atoms with E-state index in [0.717, 1.165) is 12.5 Å². The van der Waals surface area contributed by atoms with Crippen molar-refractivity contribution in [3.63, 3.8) is 0 Å². The number of hydrogen-bond donors (Lipinski definition) is 0. The molecule has 2 aromatic rings. The van der Waals surface area contributed by atoms with Gasteiger partial charge in [-0.05, 0) is 35.1 Å². The standard InChI is InChI=1S/C17H14F2O/c18-16-7-3-5-12(17(16)19)9-14(20)10-13-8-11-4-1-2-6-15(11)13/h1-7,13H,8-10H2. The SMILES string of the molecule is O=C(Cc1cccc(F)c1F)CC1Cc2ccccc21. The lowest BCUT2D eigenvalue weighted by Crippen LogP contribution is -2.21. The molecule has 1 unspecified atom stereocenters. The molecule has 0 fully saturated rings. The number of halogens is 2. The summed E-state index contributed by atoms with van der Waals surface area (Å²) in [5, 5.41) is 0. The number of hydrogen-bond acceptors (Lipinski definition) is 1. The van der Waals surface area contributed by atoms with Crippen molar-refractivity contribution in [1.82, 2.24) is 0 Å². The largest absolute Gasteiger partial charge is 0.299 e. The van der Waals surface area contributed by atoms with E-state index in [-0.39, 0.29) is 23.7 Å². The summed E-state index contributed by atoms with van der Waals surface area (Å²) in [4.78, 5) is 12.0. The van der Waals surface area contributed by atoms with E-state index >= 15 is 0 Å². The van der Waals surface area contributed by atoms with Crippen molar-refractivity contribution in [2.45, 2.75) is 25.2 Å². The maximum absolute atomic E-state index is 13.5. The number of rotatable bonds is 4. The van der Waals surface area contributed by atoms with Crippen molar-refractivity contribution in [3.8, 4) is 0 Å². The molecule has 1 nitrogen and oxygen atoms in total. The molecule has 0 N–H and O–H groups in total. The lowest BCUT2D eigenvalue weighted by Gasteiger charge is -2.29. The predicted molar refractivity (Wildman–Crippen MR) is 72.6 cm³/mol. The second kappa shape index (κ2) is 5.16. The van der Waals surface area contributed by atoms with Gasteiger partial charge >= 0.3 is 0 Å². The molecule has 0 amide bonds. The van der Waals surface area contributed by atoms with Gasteiger partial charge in [0.1, 0.15) is 5.78 Å². The van der Waals surface area contributed by atoms with E-state index in [0.29, 0.717) is 6.42 Å². The van der Waals surface area contributed by atoms with Crippen molar-refractivity contribution < 1.29 is 13.6 Å². The molecule has 0 heterocycles. The third-order valence-electron chi connectivity index (χ3n) is 3.85. The molecule has 0 bridgehead atoms. The van der Waals surface area contributed by atoms with E-state index in [1.165, 1.54) is 23.3 Å². The number of ketones is 1. The van der Waals surface area contributed by atoms with Gasteiger partial charge < -0.3 is 0 Å². The van der Waals surface area contributed by atoms with Gasteiger partial charge in [0.15, 0.2) is 11.6 Å². The summed E-state index contributed by atoms with van der Waals surface area (Å²) in [6.07, 6.45) is 1.25. The Morgan fingerprint density at radius 1 is 1.10 bits per heavy atom. The highest BCUT2D eigenvalue weighted by molar-refractivity contribution is 5.82. The Labute approximate surface area is 116 Å². The van der Waals surface area contributed by atoms with Gasteiger partial charge in [-0.1, -0.05) is 36.4 Å². The number of carbonyl (C=O) groups excluding carboxylic acids is 1. The van der Waals surface area contributed by atoms with Crippen LogP contribution in [0.5, 0.6) is 0 Å². The highest BCUT2D eigenvalue weighted by atomic mass is 19.2. The molecule has 0 aliphatic heterocycles. The quantitative estimate of drug-likeness (QED) is 0.827. The molecule has 0 aromatic heterocycles. The highest BCUT2D eigenvalue weighted by Gasteiger charge is 2.27. The Hall–Kier alpha value is -2.03. The predicted octanol–water partition coefficient (Wildman–Crippen LogP) is 3.81. The van der Waals surface area contributed by atoms with E-state index < -0.39 is 11.6 Å². The molecule has 102 valence electrons. The topological polar surface area (TPSA) is 17.1 Å². The minimum atomic E-state index is -0.908. The van der Waals surface area contributed by atoms with Gasteiger partial charge in [-0.25, -0.2) is 8.78 Å². The molecule has 3 rings (SSSR count). The van der Waals surface area contributed by atoms with Gasteiger partial charge in [-0.2, -0.15) is 0 Å². The van der Waals surface area contributed by atoms with Crippen LogP contribution >= 0.6 is 0 Å². The molecule has 0 saturated carbocycles. The summed E-state index contributed by atoms with van der Waals surface area (Å²) < 4.78 is 26.6. The molecule has 3 heteroatoms. The van der Waals surface area contributed by atoms with Crippen LogP contribution in [0, 0.1) is 11.6 Å². The summed E-state index contributed by atoms with van der Waals surface area (Å²) in [5.74, 6) is -1.62. The van der Waals surface area contributed by atoms with Gasteiger partial charge in [0, 0.05) is 12.8 Å². The lowest BCUT2D eigenvalue weighted by molar-refractivity contribution is -0.119. The minimum Gasteiger partial charge on any atom is -0.299 e. The van der Waals surface area contributed by atoms with Crippen LogP contribution in [-0.2, 0) is 17.6 Å². The first-order valence-electron chi connectivity index (χ1n) is 6.67. The van der Waals surface area contributed by atoms with Gasteiger partial charge in [0.05, 0.1) is 0 Å². The number of Topliss-reactive ketones (excluding diaryl/α,β-unsaturated/α-hetero) is 1. The van der Waals surface area contributed by atoms with Crippen LogP contribution in [0.3, 0.4) is 0 Å². The van der Waals surface area contributed by atoms with E-state index in [1.807, 2.05) is 18.2 Å². The summed E-state index contributed by atoms with van der Waals surface area (Å²) in [6, 6.07) is 12.0. The number of fused-ring (bicyclic) bond motifs is 1. The third kappa shape index (κ3) is 2.36. The van der Waals surface area contributed by atoms with Crippen molar-refractivity contribution in [3.05, 3.63) is 70.8 Å². The first-order valence-corrected chi connectivity index (χ1v) is 6.67. The zero-order valence-electron chi connectivity index (χ0n) is 10.9. The van der Waals surface area contributed by atoms with Crippen LogP contribution in [-0.4, -0.2) is 5.78 Å². The maximum atomic E-state index is 13.5. The van der Waals surface area contributed by atoms with Gasteiger partial charge in [-0.3, -0.25) is 4.79 Å². The molecule has 1 aliphatic rings. The first-order chi connectivity index (χ1) is 9.65. The fourth-order valence-corrected chi connectivity index (χ4v) is 2.79. The van der Waals surface area contributed by atoms with Crippen LogP contribution < -0.4 is 0 Å². The third-order valence-corrected chi connectivity index (χ3v) is 3.85. The number of benzene rings is 2. The van der Waals surface area contributed by atoms with E-state index in [2.05, 4.69) is 6.07 Å². The molecule has 1 atom stereocenters. The molecule has 20 heavy (non-hydrogen) atoms. The second-order valence-corrected chi connectivity index (χ2v) is 5.23. The monoisotopic (exact) mass is 272 g/mol. The Balaban J connectivity index is 1.66. The second-order valence-electron chi connectivity index (χ2n) is 5.23. The summed E-state index contributed by atoms with van der Waals surface area (Å²) in [6.45, 7) is 0. The van der Waals surface area contributed by atoms with Crippen molar-refractivity contribution in [2.24, 2.45) is 0 Å². The Kier molecular flexibility index (Phi) is 3.35. The highest BCUT2D eigenvalue weighted by Crippen LogP contribution is 2.37. The fraction of sp³-hybridized carbons (Fsp3) is 0.235. The molecule has 1 aliphatic carbocycles. The van der Waals surface area contributed by atoms with Gasteiger partial charge in [0.25, 0.3) is 0 Å². The van der Waals surface area contributed by atoms with Crippen LogP contribution in [0.4, 0.5) is 8.78 Å². The van der Waals surface area contributed by atoms with E-state index in [4.69, 9.17) is 0 Å². The van der Waals surface area contributed by atoms with Crippen molar-refractivity contribution >= 4 is 5.78 Å². The normalized spacial score (nSPS) is 16.4.